The van der Waals surface area contributed by atoms with Gasteiger partial charge in [-0.3, -0.25) is 9.59 Å². The van der Waals surface area contributed by atoms with Crippen LogP contribution in [0.15, 0.2) is 22.7 Å². The maximum atomic E-state index is 12.9. The summed E-state index contributed by atoms with van der Waals surface area (Å²) in [5.74, 6) is -2.21. The van der Waals surface area contributed by atoms with E-state index in [9.17, 15) is 19.1 Å². The fourth-order valence-electron chi connectivity index (χ4n) is 1.25. The fraction of sp³-hybridized carbons (Fsp3) is 0.385. The first-order chi connectivity index (χ1) is 9.25. The van der Waals surface area contributed by atoms with E-state index >= 15 is 0 Å². The summed E-state index contributed by atoms with van der Waals surface area (Å²) in [6.45, 7) is 3.30. The number of nitrogens with one attached hydrogen (secondary N) is 2. The third-order valence-electron chi connectivity index (χ3n) is 2.78. The molecule has 0 aliphatic rings. The first-order valence-corrected chi connectivity index (χ1v) is 6.81. The minimum Gasteiger partial charge on any atom is -0.388 e. The Hall–Kier alpha value is -1.47. The Morgan fingerprint density at radius 2 is 2.05 bits per heavy atom. The highest BCUT2D eigenvalue weighted by atomic mass is 79.9. The highest BCUT2D eigenvalue weighted by Gasteiger charge is 2.21. The van der Waals surface area contributed by atoms with Gasteiger partial charge in [0.15, 0.2) is 0 Å². The van der Waals surface area contributed by atoms with Crippen molar-refractivity contribution < 1.29 is 19.1 Å². The number of carbonyl (C=O) groups is 2. The van der Waals surface area contributed by atoms with Gasteiger partial charge in [-0.1, -0.05) is 6.92 Å². The van der Waals surface area contributed by atoms with Gasteiger partial charge in [-0.2, -0.15) is 0 Å². The molecule has 0 aliphatic carbocycles. The predicted molar refractivity (Wildman–Crippen MR) is 76.7 cm³/mol. The van der Waals surface area contributed by atoms with Crippen molar-refractivity contribution in [3.8, 4) is 0 Å². The first-order valence-electron chi connectivity index (χ1n) is 6.02. The molecule has 0 aromatic heterocycles. The van der Waals surface area contributed by atoms with E-state index in [1.54, 1.807) is 13.8 Å². The van der Waals surface area contributed by atoms with Crippen molar-refractivity contribution >= 4 is 33.4 Å². The largest absolute Gasteiger partial charge is 0.388 e. The topological polar surface area (TPSA) is 78.4 Å². The van der Waals surface area contributed by atoms with E-state index in [0.717, 1.165) is 0 Å². The van der Waals surface area contributed by atoms with Gasteiger partial charge >= 0.3 is 11.8 Å². The van der Waals surface area contributed by atoms with Crippen LogP contribution in [0.5, 0.6) is 0 Å². The number of anilines is 1. The number of aliphatic hydroxyl groups is 1. The summed E-state index contributed by atoms with van der Waals surface area (Å²) in [4.78, 5) is 23.2. The molecule has 3 N–H and O–H groups in total. The van der Waals surface area contributed by atoms with Crippen LogP contribution in [0.25, 0.3) is 0 Å². The molecule has 0 saturated carbocycles. The highest BCUT2D eigenvalue weighted by molar-refractivity contribution is 9.10. The molecule has 1 rings (SSSR count). The van der Waals surface area contributed by atoms with Crippen molar-refractivity contribution in [1.29, 1.82) is 0 Å². The first kappa shape index (κ1) is 16.6. The molecule has 2 amide bonds. The van der Waals surface area contributed by atoms with Gasteiger partial charge in [0, 0.05) is 11.0 Å². The maximum absolute atomic E-state index is 12.9. The van der Waals surface area contributed by atoms with E-state index in [0.29, 0.717) is 10.9 Å². The quantitative estimate of drug-likeness (QED) is 0.727. The average molecular weight is 347 g/mol. The van der Waals surface area contributed by atoms with Gasteiger partial charge < -0.3 is 15.7 Å². The second-order valence-corrected chi connectivity index (χ2v) is 5.47. The van der Waals surface area contributed by atoms with Crippen molar-refractivity contribution in [3.05, 3.63) is 28.5 Å². The zero-order valence-corrected chi connectivity index (χ0v) is 12.8. The number of hydrogen-bond acceptors (Lipinski definition) is 3. The van der Waals surface area contributed by atoms with Crippen LogP contribution in [0.3, 0.4) is 0 Å². The second-order valence-electron chi connectivity index (χ2n) is 4.61. The van der Waals surface area contributed by atoms with Crippen molar-refractivity contribution in [2.75, 3.05) is 11.9 Å². The summed E-state index contributed by atoms with van der Waals surface area (Å²) < 4.78 is 13.2. The van der Waals surface area contributed by atoms with Crippen LogP contribution in [-0.4, -0.2) is 29.1 Å². The Labute approximate surface area is 124 Å². The molecule has 1 aromatic rings. The average Bonchev–Trinajstić information content (AvgIpc) is 2.39. The normalized spacial score (nSPS) is 13.4. The minimum absolute atomic E-state index is 0.0274. The van der Waals surface area contributed by atoms with Crippen LogP contribution in [0, 0.1) is 5.82 Å². The van der Waals surface area contributed by atoms with Crippen LogP contribution in [0.1, 0.15) is 20.3 Å². The SMILES string of the molecule is CC[C@](C)(O)CNC(=O)C(=O)Nc1ccc(F)cc1Br. The molecule has 0 unspecified atom stereocenters. The number of halogens is 2. The van der Waals surface area contributed by atoms with E-state index < -0.39 is 23.2 Å². The molecule has 0 spiro atoms. The second kappa shape index (κ2) is 6.81. The monoisotopic (exact) mass is 346 g/mol. The Morgan fingerprint density at radius 1 is 1.40 bits per heavy atom. The Balaban J connectivity index is 2.60. The number of hydrogen-bond donors (Lipinski definition) is 3. The van der Waals surface area contributed by atoms with Gasteiger partial charge in [0.05, 0.1) is 11.3 Å². The minimum atomic E-state index is -1.06. The summed E-state index contributed by atoms with van der Waals surface area (Å²) >= 11 is 3.08. The lowest BCUT2D eigenvalue weighted by Crippen LogP contribution is -2.44. The van der Waals surface area contributed by atoms with E-state index in [-0.39, 0.29) is 12.2 Å². The summed E-state index contributed by atoms with van der Waals surface area (Å²) in [5.41, 5.74) is -0.777. The zero-order valence-electron chi connectivity index (χ0n) is 11.2. The summed E-state index contributed by atoms with van der Waals surface area (Å²) in [6.07, 6.45) is 0.443. The maximum Gasteiger partial charge on any atom is 0.313 e. The molecular weight excluding hydrogens is 331 g/mol. The molecule has 0 radical (unpaired) electrons. The van der Waals surface area contributed by atoms with Crippen molar-refractivity contribution in [1.82, 2.24) is 5.32 Å². The number of rotatable bonds is 4. The lowest BCUT2D eigenvalue weighted by atomic mass is 10.0. The number of carbonyl (C=O) groups excluding carboxylic acids is 2. The van der Waals surface area contributed by atoms with E-state index in [2.05, 4.69) is 26.6 Å². The molecule has 7 heteroatoms. The van der Waals surface area contributed by atoms with Crippen molar-refractivity contribution in [2.45, 2.75) is 25.9 Å². The van der Waals surface area contributed by atoms with E-state index in [1.807, 2.05) is 0 Å². The molecule has 20 heavy (non-hydrogen) atoms. The molecular formula is C13H16BrFN2O3. The van der Waals surface area contributed by atoms with Crippen LogP contribution < -0.4 is 10.6 Å². The Bertz CT molecular complexity index is 520. The smallest absolute Gasteiger partial charge is 0.313 e. The molecule has 0 bridgehead atoms. The third kappa shape index (κ3) is 4.90. The van der Waals surface area contributed by atoms with E-state index in [4.69, 9.17) is 0 Å². The lowest BCUT2D eigenvalue weighted by Gasteiger charge is -2.21. The molecule has 0 aliphatic heterocycles. The molecule has 1 aromatic carbocycles. The Morgan fingerprint density at radius 3 is 2.60 bits per heavy atom. The molecule has 1 atom stereocenters. The Kier molecular flexibility index (Phi) is 5.64. The van der Waals surface area contributed by atoms with Crippen LogP contribution in [-0.2, 0) is 9.59 Å². The number of benzene rings is 1. The van der Waals surface area contributed by atoms with Gasteiger partial charge in [-0.25, -0.2) is 4.39 Å². The van der Waals surface area contributed by atoms with Crippen LogP contribution in [0.2, 0.25) is 0 Å². The predicted octanol–water partition coefficient (Wildman–Crippen LogP) is 1.80. The van der Waals surface area contributed by atoms with Crippen LogP contribution >= 0.6 is 15.9 Å². The molecule has 5 nitrogen and oxygen atoms in total. The molecule has 0 heterocycles. The summed E-state index contributed by atoms with van der Waals surface area (Å²) in [5, 5.41) is 14.4. The fourth-order valence-corrected chi connectivity index (χ4v) is 1.70. The van der Waals surface area contributed by atoms with Crippen LogP contribution in [0.4, 0.5) is 10.1 Å². The van der Waals surface area contributed by atoms with E-state index in [1.165, 1.54) is 18.2 Å². The summed E-state index contributed by atoms with van der Waals surface area (Å²) in [6, 6.07) is 3.68. The van der Waals surface area contributed by atoms with Gasteiger partial charge in [0.25, 0.3) is 0 Å². The lowest BCUT2D eigenvalue weighted by molar-refractivity contribution is -0.136. The standard InChI is InChI=1S/C13H16BrFN2O3/c1-3-13(2,20)7-16-11(18)12(19)17-10-5-4-8(15)6-9(10)14/h4-6,20H,3,7H2,1-2H3,(H,16,18)(H,17,19)/t13-/m0/s1. The molecule has 0 saturated heterocycles. The zero-order chi connectivity index (χ0) is 15.3. The number of amides is 2. The molecule has 0 fully saturated rings. The summed E-state index contributed by atoms with van der Waals surface area (Å²) in [7, 11) is 0. The third-order valence-corrected chi connectivity index (χ3v) is 3.43. The van der Waals surface area contributed by atoms with Gasteiger partial charge in [0.1, 0.15) is 5.82 Å². The van der Waals surface area contributed by atoms with Gasteiger partial charge in [-0.15, -0.1) is 0 Å². The van der Waals surface area contributed by atoms with Crippen molar-refractivity contribution in [3.63, 3.8) is 0 Å². The molecule has 110 valence electrons. The highest BCUT2D eigenvalue weighted by Crippen LogP contribution is 2.22. The van der Waals surface area contributed by atoms with Gasteiger partial charge in [-0.05, 0) is 47.5 Å². The van der Waals surface area contributed by atoms with Crippen molar-refractivity contribution in [2.24, 2.45) is 0 Å². The van der Waals surface area contributed by atoms with Gasteiger partial charge in [0.2, 0.25) is 0 Å².